The second-order valence-electron chi connectivity index (χ2n) is 16.4. The van der Waals surface area contributed by atoms with Crippen molar-refractivity contribution in [1.82, 2.24) is 19.5 Å². The lowest BCUT2D eigenvalue weighted by molar-refractivity contribution is 1.07. The van der Waals surface area contributed by atoms with Gasteiger partial charge in [-0.25, -0.2) is 15.0 Å². The number of thiophene rings is 1. The van der Waals surface area contributed by atoms with Gasteiger partial charge in [0, 0.05) is 53.3 Å². The van der Waals surface area contributed by atoms with Crippen LogP contribution >= 0.6 is 11.3 Å². The third-order valence-electron chi connectivity index (χ3n) is 12.6. The van der Waals surface area contributed by atoms with Gasteiger partial charge in [-0.05, 0) is 92.3 Å². The molecule has 0 saturated heterocycles. The Bertz CT molecular complexity index is 3900. The van der Waals surface area contributed by atoms with Crippen LogP contribution in [0.3, 0.4) is 0 Å². The molecular formula is C59H36N4S. The highest BCUT2D eigenvalue weighted by Crippen LogP contribution is 2.45. The van der Waals surface area contributed by atoms with E-state index < -0.39 is 0 Å². The average molecular weight is 833 g/mol. The third-order valence-corrected chi connectivity index (χ3v) is 13.7. The van der Waals surface area contributed by atoms with Gasteiger partial charge in [-0.2, -0.15) is 0 Å². The van der Waals surface area contributed by atoms with Crippen LogP contribution in [0.4, 0.5) is 0 Å². The van der Waals surface area contributed by atoms with Crippen LogP contribution in [0.1, 0.15) is 0 Å². The minimum Gasteiger partial charge on any atom is -0.309 e. The fraction of sp³-hybridized carbons (Fsp3) is 0. The smallest absolute Gasteiger partial charge is 0.164 e. The van der Waals surface area contributed by atoms with Crippen LogP contribution in [0.5, 0.6) is 0 Å². The zero-order valence-corrected chi connectivity index (χ0v) is 35.3. The predicted octanol–water partition coefficient (Wildman–Crippen LogP) is 16.0. The average Bonchev–Trinajstić information content (AvgIpc) is 3.92. The van der Waals surface area contributed by atoms with Crippen LogP contribution in [0.25, 0.3) is 126 Å². The van der Waals surface area contributed by atoms with E-state index in [1.165, 1.54) is 74.6 Å². The Labute approximate surface area is 373 Å². The maximum Gasteiger partial charge on any atom is 0.164 e. The number of fused-ring (bicyclic) bond motifs is 10. The molecule has 0 bridgehead atoms. The van der Waals surface area contributed by atoms with Gasteiger partial charge in [0.2, 0.25) is 0 Å². The first-order valence-corrected chi connectivity index (χ1v) is 22.4. The molecule has 0 radical (unpaired) electrons. The molecule has 0 fully saturated rings. The molecule has 0 aliphatic rings. The summed E-state index contributed by atoms with van der Waals surface area (Å²) in [6, 6.07) is 78.2. The summed E-state index contributed by atoms with van der Waals surface area (Å²) >= 11 is 1.88. The lowest BCUT2D eigenvalue weighted by Gasteiger charge is -2.12. The predicted molar refractivity (Wildman–Crippen MR) is 269 cm³/mol. The molecule has 3 heterocycles. The molecule has 298 valence electrons. The zero-order chi connectivity index (χ0) is 42.1. The first-order valence-electron chi connectivity index (χ1n) is 21.6. The van der Waals surface area contributed by atoms with Gasteiger partial charge in [0.15, 0.2) is 17.5 Å². The normalized spacial score (nSPS) is 11.8. The summed E-state index contributed by atoms with van der Waals surface area (Å²) in [5, 5.41) is 10.2. The van der Waals surface area contributed by atoms with E-state index in [0.717, 1.165) is 33.5 Å². The van der Waals surface area contributed by atoms with E-state index in [0.29, 0.717) is 17.5 Å². The first-order chi connectivity index (χ1) is 31.7. The molecule has 13 aromatic rings. The molecule has 3 aromatic heterocycles. The maximum absolute atomic E-state index is 5.03. The van der Waals surface area contributed by atoms with Gasteiger partial charge in [0.1, 0.15) is 0 Å². The van der Waals surface area contributed by atoms with Crippen LogP contribution < -0.4 is 0 Å². The van der Waals surface area contributed by atoms with Gasteiger partial charge in [0.25, 0.3) is 0 Å². The van der Waals surface area contributed by atoms with Crippen LogP contribution in [0.15, 0.2) is 218 Å². The molecule has 0 atom stereocenters. The number of hydrogen-bond acceptors (Lipinski definition) is 4. The molecule has 0 aliphatic heterocycles. The van der Waals surface area contributed by atoms with Gasteiger partial charge in [-0.1, -0.05) is 170 Å². The van der Waals surface area contributed by atoms with Crippen LogP contribution in [0, 0.1) is 0 Å². The molecule has 0 saturated carbocycles. The Balaban J connectivity index is 0.970. The molecule has 0 N–H and O–H groups in total. The van der Waals surface area contributed by atoms with Crippen molar-refractivity contribution < 1.29 is 0 Å². The minimum absolute atomic E-state index is 0.634. The van der Waals surface area contributed by atoms with Gasteiger partial charge >= 0.3 is 0 Å². The Morgan fingerprint density at radius 3 is 1.66 bits per heavy atom. The van der Waals surface area contributed by atoms with Crippen LogP contribution in [-0.2, 0) is 0 Å². The van der Waals surface area contributed by atoms with Crippen molar-refractivity contribution in [1.29, 1.82) is 0 Å². The number of rotatable bonds is 6. The molecule has 0 amide bonds. The molecule has 4 nitrogen and oxygen atoms in total. The van der Waals surface area contributed by atoms with Crippen molar-refractivity contribution in [2.24, 2.45) is 0 Å². The van der Waals surface area contributed by atoms with Gasteiger partial charge in [-0.15, -0.1) is 11.3 Å². The highest BCUT2D eigenvalue weighted by atomic mass is 32.1. The Hall–Kier alpha value is -8.25. The summed E-state index contributed by atoms with van der Waals surface area (Å²) in [5.41, 5.74) is 10.9. The quantitative estimate of drug-likeness (QED) is 0.168. The molecular weight excluding hydrogens is 797 g/mol. The first kappa shape index (κ1) is 36.4. The summed E-state index contributed by atoms with van der Waals surface area (Å²) < 4.78 is 5.07. The highest BCUT2D eigenvalue weighted by molar-refractivity contribution is 7.26. The van der Waals surface area contributed by atoms with Crippen molar-refractivity contribution in [2.75, 3.05) is 0 Å². The molecule has 5 heteroatoms. The van der Waals surface area contributed by atoms with E-state index in [9.17, 15) is 0 Å². The molecule has 0 aliphatic carbocycles. The van der Waals surface area contributed by atoms with E-state index >= 15 is 0 Å². The molecule has 0 unspecified atom stereocenters. The van der Waals surface area contributed by atoms with Crippen molar-refractivity contribution >= 4 is 74.9 Å². The minimum atomic E-state index is 0.634. The molecule has 13 rings (SSSR count). The van der Waals surface area contributed by atoms with E-state index in [2.05, 4.69) is 162 Å². The lowest BCUT2D eigenvalue weighted by Crippen LogP contribution is -2.00. The summed E-state index contributed by atoms with van der Waals surface area (Å²) in [6.07, 6.45) is 0. The van der Waals surface area contributed by atoms with E-state index in [-0.39, 0.29) is 0 Å². The summed E-state index contributed by atoms with van der Waals surface area (Å²) in [5.74, 6) is 1.93. The summed E-state index contributed by atoms with van der Waals surface area (Å²) in [7, 11) is 0. The van der Waals surface area contributed by atoms with Gasteiger partial charge < -0.3 is 4.57 Å². The van der Waals surface area contributed by atoms with E-state index in [1.54, 1.807) is 0 Å². The summed E-state index contributed by atoms with van der Waals surface area (Å²) in [4.78, 5) is 15.0. The third kappa shape index (κ3) is 5.93. The van der Waals surface area contributed by atoms with E-state index in [1.807, 2.05) is 72.0 Å². The van der Waals surface area contributed by atoms with Crippen molar-refractivity contribution in [3.63, 3.8) is 0 Å². The van der Waals surface area contributed by atoms with E-state index in [4.69, 9.17) is 15.0 Å². The van der Waals surface area contributed by atoms with Crippen molar-refractivity contribution in [3.05, 3.63) is 218 Å². The second-order valence-corrected chi connectivity index (χ2v) is 17.4. The Morgan fingerprint density at radius 2 is 0.891 bits per heavy atom. The van der Waals surface area contributed by atoms with Crippen molar-refractivity contribution in [3.8, 4) is 62.1 Å². The van der Waals surface area contributed by atoms with Gasteiger partial charge in [-0.3, -0.25) is 0 Å². The van der Waals surface area contributed by atoms with Crippen LogP contribution in [-0.4, -0.2) is 19.5 Å². The second kappa shape index (κ2) is 14.7. The molecule has 64 heavy (non-hydrogen) atoms. The number of aromatic nitrogens is 4. The van der Waals surface area contributed by atoms with Crippen molar-refractivity contribution in [2.45, 2.75) is 0 Å². The summed E-state index contributed by atoms with van der Waals surface area (Å²) in [6.45, 7) is 0. The van der Waals surface area contributed by atoms with Crippen LogP contribution in [0.2, 0.25) is 0 Å². The molecule has 0 spiro atoms. The fourth-order valence-electron chi connectivity index (χ4n) is 9.66. The number of benzene rings is 10. The monoisotopic (exact) mass is 832 g/mol. The molecule has 10 aromatic carbocycles. The number of nitrogens with zero attached hydrogens (tertiary/aromatic N) is 4. The fourth-order valence-corrected chi connectivity index (χ4v) is 10.8. The maximum atomic E-state index is 5.03. The lowest BCUT2D eigenvalue weighted by atomic mass is 9.94. The Morgan fingerprint density at radius 1 is 0.312 bits per heavy atom. The zero-order valence-electron chi connectivity index (χ0n) is 34.5. The van der Waals surface area contributed by atoms with Gasteiger partial charge in [0.05, 0.1) is 11.0 Å². The number of hydrogen-bond donors (Lipinski definition) is 0. The topological polar surface area (TPSA) is 43.6 Å². The Kier molecular flexibility index (Phi) is 8.36. The standard InChI is InChI=1S/C59H36N4S/c1-3-16-38(17-4-1)57-60-58(39-18-5-2-6-19-39)62-59(61-57)43-22-13-20-40(33-43)41-21-14-23-44(34-41)63-51-31-30-42(35-50(51)55-45-24-8-7-15-37(45)29-32-52(55)63)49-36-54-56(47-26-10-9-25-46(47)49)48-27-11-12-28-53(48)64-54/h1-36H. The largest absolute Gasteiger partial charge is 0.309 e. The SMILES string of the molecule is c1ccc(-c2nc(-c3ccccc3)nc(-c3cccc(-c4cccc(-n5c6ccc(-c7cc8sc9ccccc9c8c8ccccc78)cc6c6c7ccccc7ccc65)c4)c3)n2)cc1. The highest BCUT2D eigenvalue weighted by Gasteiger charge is 2.19.